The van der Waals surface area contributed by atoms with E-state index in [0.29, 0.717) is 19.4 Å². The predicted octanol–water partition coefficient (Wildman–Crippen LogP) is 0.397. The molecule has 2 atom stereocenters. The number of carbonyl (C=O) groups excluding carboxylic acids is 1. The lowest BCUT2D eigenvalue weighted by Crippen LogP contribution is -2.43. The van der Waals surface area contributed by atoms with Crippen LogP contribution in [0.5, 0.6) is 5.75 Å². The second kappa shape index (κ2) is 7.76. The fraction of sp³-hybridized carbons (Fsp3) is 0.500. The molecule has 0 heterocycles. The second-order valence-electron chi connectivity index (χ2n) is 4.84. The Hall–Kier alpha value is -1.59. The summed E-state index contributed by atoms with van der Waals surface area (Å²) >= 11 is 0. The minimum atomic E-state index is -0.606. The van der Waals surface area contributed by atoms with Crippen molar-refractivity contribution in [2.75, 3.05) is 13.2 Å². The maximum atomic E-state index is 11.8. The molecule has 1 rings (SSSR count). The molecule has 1 aromatic carbocycles. The van der Waals surface area contributed by atoms with Crippen LogP contribution in [0, 0.1) is 5.92 Å². The van der Waals surface area contributed by atoms with Crippen molar-refractivity contribution in [1.82, 2.24) is 5.32 Å². The molecule has 1 aromatic rings. The monoisotopic (exact) mass is 266 g/mol. The Morgan fingerprint density at radius 3 is 2.58 bits per heavy atom. The smallest absolute Gasteiger partial charge is 0.237 e. The zero-order chi connectivity index (χ0) is 14.3. The van der Waals surface area contributed by atoms with E-state index in [1.54, 1.807) is 24.3 Å². The highest BCUT2D eigenvalue weighted by molar-refractivity contribution is 5.81. The third-order valence-corrected chi connectivity index (χ3v) is 2.98. The van der Waals surface area contributed by atoms with Gasteiger partial charge in [0, 0.05) is 13.2 Å². The zero-order valence-electron chi connectivity index (χ0n) is 11.2. The summed E-state index contributed by atoms with van der Waals surface area (Å²) in [6.45, 7) is 2.60. The third-order valence-electron chi connectivity index (χ3n) is 2.98. The van der Waals surface area contributed by atoms with Gasteiger partial charge in [-0.2, -0.15) is 0 Å². The molecule has 0 saturated carbocycles. The Morgan fingerprint density at radius 1 is 1.37 bits per heavy atom. The lowest BCUT2D eigenvalue weighted by Gasteiger charge is -2.15. The molecule has 1 unspecified atom stereocenters. The molecule has 0 bridgehead atoms. The maximum absolute atomic E-state index is 11.8. The molecule has 0 radical (unpaired) electrons. The van der Waals surface area contributed by atoms with Crippen molar-refractivity contribution in [3.05, 3.63) is 29.8 Å². The lowest BCUT2D eigenvalue weighted by atomic mass is 10.1. The van der Waals surface area contributed by atoms with Crippen LogP contribution in [0.3, 0.4) is 0 Å². The lowest BCUT2D eigenvalue weighted by molar-refractivity contribution is -0.122. The predicted molar refractivity (Wildman–Crippen MR) is 73.7 cm³/mol. The SMILES string of the molecule is CC(CCO)CNC(=O)[C@@H](N)Cc1ccc(O)cc1. The molecule has 0 aliphatic rings. The van der Waals surface area contributed by atoms with Crippen molar-refractivity contribution >= 4 is 5.91 Å². The highest BCUT2D eigenvalue weighted by atomic mass is 16.3. The molecule has 19 heavy (non-hydrogen) atoms. The van der Waals surface area contributed by atoms with Crippen LogP contribution in [0.4, 0.5) is 0 Å². The van der Waals surface area contributed by atoms with E-state index in [0.717, 1.165) is 5.56 Å². The average molecular weight is 266 g/mol. The minimum absolute atomic E-state index is 0.122. The first-order valence-electron chi connectivity index (χ1n) is 6.45. The number of nitrogens with two attached hydrogens (primary N) is 1. The molecule has 0 saturated heterocycles. The fourth-order valence-electron chi connectivity index (χ4n) is 1.71. The fourth-order valence-corrected chi connectivity index (χ4v) is 1.71. The quantitative estimate of drug-likeness (QED) is 0.574. The van der Waals surface area contributed by atoms with Gasteiger partial charge in [-0.05, 0) is 36.5 Å². The van der Waals surface area contributed by atoms with Gasteiger partial charge in [-0.25, -0.2) is 0 Å². The van der Waals surface area contributed by atoms with Crippen LogP contribution in [-0.2, 0) is 11.2 Å². The van der Waals surface area contributed by atoms with E-state index in [4.69, 9.17) is 15.9 Å². The van der Waals surface area contributed by atoms with Crippen LogP contribution in [-0.4, -0.2) is 35.3 Å². The van der Waals surface area contributed by atoms with Gasteiger partial charge in [-0.15, -0.1) is 0 Å². The summed E-state index contributed by atoms with van der Waals surface area (Å²) in [5.74, 6) is 0.229. The van der Waals surface area contributed by atoms with E-state index in [2.05, 4.69) is 5.32 Å². The largest absolute Gasteiger partial charge is 0.508 e. The van der Waals surface area contributed by atoms with E-state index < -0.39 is 6.04 Å². The summed E-state index contributed by atoms with van der Waals surface area (Å²) in [6.07, 6.45) is 1.09. The van der Waals surface area contributed by atoms with Crippen LogP contribution in [0.1, 0.15) is 18.9 Å². The van der Waals surface area contributed by atoms with E-state index >= 15 is 0 Å². The van der Waals surface area contributed by atoms with E-state index in [1.165, 1.54) is 0 Å². The summed E-state index contributed by atoms with van der Waals surface area (Å²) < 4.78 is 0. The highest BCUT2D eigenvalue weighted by Gasteiger charge is 2.14. The molecule has 106 valence electrons. The van der Waals surface area contributed by atoms with Crippen LogP contribution >= 0.6 is 0 Å². The molecule has 0 fully saturated rings. The number of amides is 1. The van der Waals surface area contributed by atoms with Gasteiger partial charge in [0.2, 0.25) is 5.91 Å². The first-order chi connectivity index (χ1) is 9.02. The number of benzene rings is 1. The number of aromatic hydroxyl groups is 1. The number of rotatable bonds is 7. The van der Waals surface area contributed by atoms with Crippen molar-refractivity contribution in [1.29, 1.82) is 0 Å². The summed E-state index contributed by atoms with van der Waals surface area (Å²) in [7, 11) is 0. The van der Waals surface area contributed by atoms with E-state index in [-0.39, 0.29) is 24.2 Å². The van der Waals surface area contributed by atoms with Gasteiger partial charge in [-0.3, -0.25) is 4.79 Å². The van der Waals surface area contributed by atoms with Crippen molar-refractivity contribution in [2.45, 2.75) is 25.8 Å². The molecular weight excluding hydrogens is 244 g/mol. The Bertz CT molecular complexity index is 392. The highest BCUT2D eigenvalue weighted by Crippen LogP contribution is 2.10. The van der Waals surface area contributed by atoms with Crippen LogP contribution in [0.15, 0.2) is 24.3 Å². The van der Waals surface area contributed by atoms with Crippen molar-refractivity contribution < 1.29 is 15.0 Å². The summed E-state index contributed by atoms with van der Waals surface area (Å²) in [5, 5.41) is 20.7. The molecular formula is C14H22N2O3. The maximum Gasteiger partial charge on any atom is 0.237 e. The van der Waals surface area contributed by atoms with E-state index in [1.807, 2.05) is 6.92 Å². The summed E-state index contributed by atoms with van der Waals surface area (Å²) in [4.78, 5) is 11.8. The second-order valence-corrected chi connectivity index (χ2v) is 4.84. The average Bonchev–Trinajstić information content (AvgIpc) is 2.39. The minimum Gasteiger partial charge on any atom is -0.508 e. The van der Waals surface area contributed by atoms with Crippen LogP contribution in [0.25, 0.3) is 0 Å². The number of aliphatic hydroxyl groups is 1. The molecule has 5 heteroatoms. The first-order valence-corrected chi connectivity index (χ1v) is 6.45. The normalized spacial score (nSPS) is 13.8. The molecule has 0 aromatic heterocycles. The molecule has 5 N–H and O–H groups in total. The van der Waals surface area contributed by atoms with Crippen molar-refractivity contribution in [3.8, 4) is 5.75 Å². The van der Waals surface area contributed by atoms with Gasteiger partial charge in [0.05, 0.1) is 6.04 Å². The number of hydrogen-bond donors (Lipinski definition) is 4. The number of phenols is 1. The number of hydrogen-bond acceptors (Lipinski definition) is 4. The topological polar surface area (TPSA) is 95.6 Å². The first kappa shape index (κ1) is 15.5. The van der Waals surface area contributed by atoms with Gasteiger partial charge in [0.25, 0.3) is 0 Å². The summed E-state index contributed by atoms with van der Waals surface area (Å²) in [5.41, 5.74) is 6.73. The van der Waals surface area contributed by atoms with Gasteiger partial charge < -0.3 is 21.3 Å². The Balaban J connectivity index is 2.38. The van der Waals surface area contributed by atoms with Crippen LogP contribution < -0.4 is 11.1 Å². The summed E-state index contributed by atoms with van der Waals surface area (Å²) in [6, 6.07) is 6.03. The van der Waals surface area contributed by atoms with Crippen molar-refractivity contribution in [2.24, 2.45) is 11.7 Å². The third kappa shape index (κ3) is 5.72. The number of aliphatic hydroxyl groups excluding tert-OH is 1. The standard InChI is InChI=1S/C14H22N2O3/c1-10(6-7-17)9-16-14(19)13(15)8-11-2-4-12(18)5-3-11/h2-5,10,13,17-18H,6-9,15H2,1H3,(H,16,19)/t10?,13-/m0/s1. The number of carbonyl (C=O) groups is 1. The van der Waals surface area contributed by atoms with E-state index in [9.17, 15) is 4.79 Å². The van der Waals surface area contributed by atoms with Gasteiger partial charge in [-0.1, -0.05) is 19.1 Å². The number of nitrogens with one attached hydrogen (secondary N) is 1. The Kier molecular flexibility index (Phi) is 6.32. The Labute approximate surface area is 113 Å². The molecule has 5 nitrogen and oxygen atoms in total. The molecule has 0 spiro atoms. The number of phenolic OH excluding ortho intramolecular Hbond substituents is 1. The Morgan fingerprint density at radius 2 is 2.00 bits per heavy atom. The zero-order valence-corrected chi connectivity index (χ0v) is 11.2. The van der Waals surface area contributed by atoms with Gasteiger partial charge in [0.1, 0.15) is 5.75 Å². The molecule has 0 aliphatic heterocycles. The van der Waals surface area contributed by atoms with Gasteiger partial charge in [0.15, 0.2) is 0 Å². The van der Waals surface area contributed by atoms with Gasteiger partial charge >= 0.3 is 0 Å². The van der Waals surface area contributed by atoms with Crippen LogP contribution in [0.2, 0.25) is 0 Å². The molecule has 1 amide bonds. The van der Waals surface area contributed by atoms with Crippen molar-refractivity contribution in [3.63, 3.8) is 0 Å². The molecule has 0 aliphatic carbocycles.